The van der Waals surface area contributed by atoms with E-state index in [4.69, 9.17) is 4.74 Å². The van der Waals surface area contributed by atoms with Gasteiger partial charge in [0, 0.05) is 12.5 Å². The van der Waals surface area contributed by atoms with E-state index in [0.29, 0.717) is 6.10 Å². The number of hydrogen-bond donors (Lipinski definition) is 0. The Morgan fingerprint density at radius 1 is 1.22 bits per heavy atom. The zero-order valence-electron chi connectivity index (χ0n) is 5.73. The second-order valence-electron chi connectivity index (χ2n) is 3.01. The van der Waals surface area contributed by atoms with E-state index < -0.39 is 0 Å². The van der Waals surface area contributed by atoms with Crippen molar-refractivity contribution in [2.24, 2.45) is 0 Å². The van der Waals surface area contributed by atoms with Crippen LogP contribution in [-0.4, -0.2) is 12.7 Å². The molecule has 0 aromatic rings. The Labute approximate surface area is 56.4 Å². The molecular formula is C8H13O. The Balaban J connectivity index is 1.80. The van der Waals surface area contributed by atoms with Crippen LogP contribution < -0.4 is 0 Å². The summed E-state index contributed by atoms with van der Waals surface area (Å²) >= 11 is 0. The zero-order valence-corrected chi connectivity index (χ0v) is 5.73. The Bertz CT molecular complexity index is 90.7. The zero-order chi connectivity index (χ0) is 6.10. The van der Waals surface area contributed by atoms with Gasteiger partial charge in [-0.1, -0.05) is 0 Å². The van der Waals surface area contributed by atoms with Gasteiger partial charge >= 0.3 is 0 Å². The molecule has 1 saturated carbocycles. The van der Waals surface area contributed by atoms with Gasteiger partial charge < -0.3 is 4.74 Å². The summed E-state index contributed by atoms with van der Waals surface area (Å²) in [7, 11) is 0. The van der Waals surface area contributed by atoms with E-state index in [1.807, 2.05) is 0 Å². The average Bonchev–Trinajstić information content (AvgIpc) is 2.71. The van der Waals surface area contributed by atoms with Crippen molar-refractivity contribution in [3.05, 3.63) is 5.92 Å². The SMILES string of the molecule is C1CCC([C]2CC2)OC1. The molecule has 2 rings (SSSR count). The van der Waals surface area contributed by atoms with Crippen LogP contribution in [0.5, 0.6) is 0 Å². The molecule has 0 aromatic heterocycles. The molecule has 0 N–H and O–H groups in total. The van der Waals surface area contributed by atoms with Crippen molar-refractivity contribution in [2.75, 3.05) is 6.61 Å². The third-order valence-corrected chi connectivity index (χ3v) is 2.17. The molecule has 2 fully saturated rings. The minimum atomic E-state index is 0.582. The third kappa shape index (κ3) is 1.26. The first-order valence-corrected chi connectivity index (χ1v) is 3.93. The fourth-order valence-electron chi connectivity index (χ4n) is 1.46. The van der Waals surface area contributed by atoms with Gasteiger partial charge in [-0.3, -0.25) is 0 Å². The molecule has 0 amide bonds. The summed E-state index contributed by atoms with van der Waals surface area (Å²) in [5.74, 6) is 1.68. The summed E-state index contributed by atoms with van der Waals surface area (Å²) < 4.78 is 5.56. The molecule has 1 heterocycles. The molecule has 1 radical (unpaired) electrons. The van der Waals surface area contributed by atoms with E-state index in [2.05, 4.69) is 0 Å². The molecule has 51 valence electrons. The van der Waals surface area contributed by atoms with Gasteiger partial charge in [-0.25, -0.2) is 0 Å². The van der Waals surface area contributed by atoms with Gasteiger partial charge in [-0.2, -0.15) is 0 Å². The molecule has 0 aromatic carbocycles. The summed E-state index contributed by atoms with van der Waals surface area (Å²) in [6, 6.07) is 0. The van der Waals surface area contributed by atoms with Crippen LogP contribution in [0.15, 0.2) is 0 Å². The fraction of sp³-hybridized carbons (Fsp3) is 0.875. The van der Waals surface area contributed by atoms with Crippen molar-refractivity contribution in [1.29, 1.82) is 0 Å². The first-order chi connectivity index (χ1) is 4.47. The largest absolute Gasteiger partial charge is 0.378 e. The van der Waals surface area contributed by atoms with Gasteiger partial charge in [-0.05, 0) is 32.1 Å². The molecule has 9 heavy (non-hydrogen) atoms. The Hall–Kier alpha value is -0.0400. The van der Waals surface area contributed by atoms with Gasteiger partial charge in [-0.15, -0.1) is 0 Å². The van der Waals surface area contributed by atoms with E-state index in [1.165, 1.54) is 32.1 Å². The lowest BCUT2D eigenvalue weighted by molar-refractivity contribution is 0.0329. The van der Waals surface area contributed by atoms with Crippen molar-refractivity contribution in [3.63, 3.8) is 0 Å². The second kappa shape index (κ2) is 2.30. The monoisotopic (exact) mass is 125 g/mol. The van der Waals surface area contributed by atoms with E-state index in [9.17, 15) is 0 Å². The van der Waals surface area contributed by atoms with Crippen molar-refractivity contribution in [2.45, 2.75) is 38.2 Å². The summed E-state index contributed by atoms with van der Waals surface area (Å²) in [5, 5.41) is 0. The number of hydrogen-bond acceptors (Lipinski definition) is 1. The second-order valence-corrected chi connectivity index (χ2v) is 3.01. The van der Waals surface area contributed by atoms with Crippen LogP contribution in [0.2, 0.25) is 0 Å². The molecular weight excluding hydrogens is 112 g/mol. The van der Waals surface area contributed by atoms with Gasteiger partial charge in [0.05, 0.1) is 6.10 Å². The summed E-state index contributed by atoms with van der Waals surface area (Å²) in [6.45, 7) is 1.01. The lowest BCUT2D eigenvalue weighted by atomic mass is 10.1. The highest BCUT2D eigenvalue weighted by Crippen LogP contribution is 2.40. The third-order valence-electron chi connectivity index (χ3n) is 2.17. The van der Waals surface area contributed by atoms with Crippen molar-refractivity contribution < 1.29 is 4.74 Å². The van der Waals surface area contributed by atoms with Crippen LogP contribution in [0.4, 0.5) is 0 Å². The van der Waals surface area contributed by atoms with Crippen LogP contribution in [0, 0.1) is 5.92 Å². The lowest BCUT2D eigenvalue weighted by Gasteiger charge is -2.21. The van der Waals surface area contributed by atoms with Crippen molar-refractivity contribution in [1.82, 2.24) is 0 Å². The molecule has 1 aliphatic carbocycles. The van der Waals surface area contributed by atoms with E-state index >= 15 is 0 Å². The summed E-state index contributed by atoms with van der Waals surface area (Å²) in [4.78, 5) is 0. The van der Waals surface area contributed by atoms with Gasteiger partial charge in [0.15, 0.2) is 0 Å². The van der Waals surface area contributed by atoms with Crippen LogP contribution in [-0.2, 0) is 4.74 Å². The first-order valence-electron chi connectivity index (χ1n) is 3.93. The number of rotatable bonds is 1. The minimum Gasteiger partial charge on any atom is -0.378 e. The van der Waals surface area contributed by atoms with E-state index in [1.54, 1.807) is 5.92 Å². The predicted octanol–water partition coefficient (Wildman–Crippen LogP) is 1.92. The number of ether oxygens (including phenoxy) is 1. The quantitative estimate of drug-likeness (QED) is 0.520. The Kier molecular flexibility index (Phi) is 1.46. The van der Waals surface area contributed by atoms with E-state index in [-0.39, 0.29) is 0 Å². The highest BCUT2D eigenvalue weighted by molar-refractivity contribution is 5.11. The topological polar surface area (TPSA) is 9.23 Å². The van der Waals surface area contributed by atoms with Crippen LogP contribution in [0.25, 0.3) is 0 Å². The summed E-state index contributed by atoms with van der Waals surface area (Å²) in [6.07, 6.45) is 7.25. The van der Waals surface area contributed by atoms with Gasteiger partial charge in [0.1, 0.15) is 0 Å². The van der Waals surface area contributed by atoms with E-state index in [0.717, 1.165) is 6.61 Å². The standard InChI is InChI=1S/C8H13O/c1-2-6-9-8(3-1)7-4-5-7/h8H,1-6H2. The Morgan fingerprint density at radius 2 is 2.11 bits per heavy atom. The van der Waals surface area contributed by atoms with Crippen LogP contribution in [0.1, 0.15) is 32.1 Å². The predicted molar refractivity (Wildman–Crippen MR) is 36.1 cm³/mol. The molecule has 1 unspecified atom stereocenters. The van der Waals surface area contributed by atoms with Gasteiger partial charge in [0.25, 0.3) is 0 Å². The van der Waals surface area contributed by atoms with Crippen LogP contribution in [0.3, 0.4) is 0 Å². The molecule has 1 atom stereocenters. The maximum Gasteiger partial charge on any atom is 0.0637 e. The van der Waals surface area contributed by atoms with Gasteiger partial charge in [0.2, 0.25) is 0 Å². The first kappa shape index (κ1) is 5.72. The maximum absolute atomic E-state index is 5.56. The smallest absolute Gasteiger partial charge is 0.0637 e. The Morgan fingerprint density at radius 3 is 2.67 bits per heavy atom. The van der Waals surface area contributed by atoms with Crippen molar-refractivity contribution in [3.8, 4) is 0 Å². The molecule has 0 bridgehead atoms. The molecule has 1 aliphatic heterocycles. The maximum atomic E-state index is 5.56. The highest BCUT2D eigenvalue weighted by atomic mass is 16.5. The minimum absolute atomic E-state index is 0.582. The molecule has 0 spiro atoms. The molecule has 1 nitrogen and oxygen atoms in total. The normalized spacial score (nSPS) is 36.7. The van der Waals surface area contributed by atoms with Crippen LogP contribution >= 0.6 is 0 Å². The average molecular weight is 125 g/mol. The lowest BCUT2D eigenvalue weighted by Crippen LogP contribution is -2.19. The highest BCUT2D eigenvalue weighted by Gasteiger charge is 2.33. The van der Waals surface area contributed by atoms with Crippen molar-refractivity contribution >= 4 is 0 Å². The fourth-order valence-corrected chi connectivity index (χ4v) is 1.46. The summed E-state index contributed by atoms with van der Waals surface area (Å²) in [5.41, 5.74) is 0. The molecule has 2 aliphatic rings. The molecule has 1 saturated heterocycles. The molecule has 1 heteroatoms.